The lowest BCUT2D eigenvalue weighted by Gasteiger charge is -2.44. The van der Waals surface area contributed by atoms with Gasteiger partial charge in [-0.15, -0.1) is 0 Å². The normalized spacial score (nSPS) is 27.6. The Morgan fingerprint density at radius 2 is 1.89 bits per heavy atom. The van der Waals surface area contributed by atoms with Crippen LogP contribution in [-0.2, 0) is 9.59 Å². The molecule has 0 spiro atoms. The van der Waals surface area contributed by atoms with Crippen LogP contribution in [-0.4, -0.2) is 35.8 Å². The Bertz CT molecular complexity index is 359. The molecule has 2 amide bonds. The van der Waals surface area contributed by atoms with Gasteiger partial charge in [0, 0.05) is 6.54 Å². The van der Waals surface area contributed by atoms with Crippen molar-refractivity contribution in [1.29, 1.82) is 0 Å². The van der Waals surface area contributed by atoms with E-state index < -0.39 is 0 Å². The minimum Gasteiger partial charge on any atom is -0.345 e. The zero-order valence-electron chi connectivity index (χ0n) is 12.4. The van der Waals surface area contributed by atoms with Crippen LogP contribution in [0.2, 0.25) is 0 Å². The first-order chi connectivity index (χ1) is 8.93. The van der Waals surface area contributed by atoms with Gasteiger partial charge in [0.25, 0.3) is 0 Å². The zero-order valence-corrected chi connectivity index (χ0v) is 12.4. The molecule has 2 fully saturated rings. The summed E-state index contributed by atoms with van der Waals surface area (Å²) in [6.45, 7) is 7.20. The third-order valence-corrected chi connectivity index (χ3v) is 4.58. The van der Waals surface area contributed by atoms with E-state index in [4.69, 9.17) is 0 Å². The van der Waals surface area contributed by atoms with Gasteiger partial charge in [-0.3, -0.25) is 9.59 Å². The fraction of sp³-hybridized carbons (Fsp3) is 0.867. The summed E-state index contributed by atoms with van der Waals surface area (Å²) in [5, 5.41) is 2.71. The van der Waals surface area contributed by atoms with Gasteiger partial charge in [-0.05, 0) is 24.2 Å². The largest absolute Gasteiger partial charge is 0.345 e. The molecule has 1 atom stereocenters. The molecule has 0 bridgehead atoms. The highest BCUT2D eigenvalue weighted by molar-refractivity contribution is 5.95. The molecule has 1 aliphatic heterocycles. The predicted molar refractivity (Wildman–Crippen MR) is 74.5 cm³/mol. The topological polar surface area (TPSA) is 49.4 Å². The molecule has 0 radical (unpaired) electrons. The second-order valence-corrected chi connectivity index (χ2v) is 6.80. The summed E-state index contributed by atoms with van der Waals surface area (Å²) < 4.78 is 0. The van der Waals surface area contributed by atoms with Crippen molar-refractivity contribution in [1.82, 2.24) is 10.2 Å². The van der Waals surface area contributed by atoms with Gasteiger partial charge in [-0.1, -0.05) is 40.0 Å². The number of hydrogen-bond acceptors (Lipinski definition) is 2. The van der Waals surface area contributed by atoms with Crippen LogP contribution >= 0.6 is 0 Å². The molecule has 108 valence electrons. The Hall–Kier alpha value is -1.06. The second kappa shape index (κ2) is 5.51. The smallest absolute Gasteiger partial charge is 0.243 e. The molecule has 1 aliphatic carbocycles. The molecule has 19 heavy (non-hydrogen) atoms. The van der Waals surface area contributed by atoms with E-state index in [1.54, 1.807) is 0 Å². The summed E-state index contributed by atoms with van der Waals surface area (Å²) in [4.78, 5) is 26.1. The van der Waals surface area contributed by atoms with Crippen molar-refractivity contribution in [3.05, 3.63) is 0 Å². The highest BCUT2D eigenvalue weighted by Gasteiger charge is 2.40. The number of nitrogens with zero attached hydrogens (tertiary/aromatic N) is 1. The number of nitrogens with one attached hydrogen (secondary N) is 1. The number of amides is 2. The minimum atomic E-state index is -0.292. The Balaban J connectivity index is 2.14. The molecular formula is C15H26N2O2. The molecular weight excluding hydrogens is 240 g/mol. The number of rotatable bonds is 3. The van der Waals surface area contributed by atoms with E-state index in [0.717, 1.165) is 6.54 Å². The average Bonchev–Trinajstić information content (AvgIpc) is 2.34. The highest BCUT2D eigenvalue weighted by atomic mass is 16.2. The van der Waals surface area contributed by atoms with Crippen molar-refractivity contribution in [2.45, 2.75) is 58.9 Å². The molecule has 1 unspecified atom stereocenters. The number of carbonyl (C=O) groups excluding carboxylic acids is 2. The van der Waals surface area contributed by atoms with Gasteiger partial charge < -0.3 is 10.2 Å². The first-order valence-electron chi connectivity index (χ1n) is 7.50. The number of hydrogen-bond donors (Lipinski definition) is 1. The summed E-state index contributed by atoms with van der Waals surface area (Å²) in [6.07, 6.45) is 6.14. The van der Waals surface area contributed by atoms with Crippen molar-refractivity contribution >= 4 is 11.8 Å². The monoisotopic (exact) mass is 266 g/mol. The summed E-state index contributed by atoms with van der Waals surface area (Å²) >= 11 is 0. The summed E-state index contributed by atoms with van der Waals surface area (Å²) in [6, 6.07) is -0.292. The van der Waals surface area contributed by atoms with E-state index in [9.17, 15) is 9.59 Å². The van der Waals surface area contributed by atoms with E-state index in [2.05, 4.69) is 12.2 Å². The quantitative estimate of drug-likeness (QED) is 0.848. The van der Waals surface area contributed by atoms with E-state index in [1.807, 2.05) is 18.7 Å². The Morgan fingerprint density at radius 3 is 2.47 bits per heavy atom. The lowest BCUT2D eigenvalue weighted by atomic mass is 9.75. The van der Waals surface area contributed by atoms with Gasteiger partial charge in [0.2, 0.25) is 11.8 Å². The standard InChI is InChI=1S/C15H26N2O2/c1-11(2)13-14(19)16-9-12(18)17(13)10-15(3)7-5-4-6-8-15/h11,13H,4-10H2,1-3H3,(H,16,19). The van der Waals surface area contributed by atoms with Crippen molar-refractivity contribution in [2.75, 3.05) is 13.1 Å². The lowest BCUT2D eigenvalue weighted by Crippen LogP contribution is -2.62. The van der Waals surface area contributed by atoms with Crippen LogP contribution in [0.15, 0.2) is 0 Å². The van der Waals surface area contributed by atoms with Crippen LogP contribution in [0.5, 0.6) is 0 Å². The van der Waals surface area contributed by atoms with Crippen LogP contribution in [0, 0.1) is 11.3 Å². The third kappa shape index (κ3) is 3.10. The van der Waals surface area contributed by atoms with Crippen molar-refractivity contribution in [2.24, 2.45) is 11.3 Å². The van der Waals surface area contributed by atoms with Crippen LogP contribution in [0.25, 0.3) is 0 Å². The van der Waals surface area contributed by atoms with Gasteiger partial charge in [0.05, 0.1) is 6.54 Å². The Morgan fingerprint density at radius 1 is 1.26 bits per heavy atom. The Kier molecular flexibility index (Phi) is 4.16. The van der Waals surface area contributed by atoms with Crippen molar-refractivity contribution in [3.63, 3.8) is 0 Å². The fourth-order valence-electron chi connectivity index (χ4n) is 3.49. The van der Waals surface area contributed by atoms with Gasteiger partial charge in [0.15, 0.2) is 0 Å². The molecule has 0 aromatic carbocycles. The van der Waals surface area contributed by atoms with Crippen LogP contribution < -0.4 is 5.32 Å². The molecule has 1 heterocycles. The fourth-order valence-corrected chi connectivity index (χ4v) is 3.49. The second-order valence-electron chi connectivity index (χ2n) is 6.80. The first-order valence-corrected chi connectivity index (χ1v) is 7.50. The molecule has 0 aromatic heterocycles. The molecule has 2 rings (SSSR count). The molecule has 2 aliphatic rings. The summed E-state index contributed by atoms with van der Waals surface area (Å²) in [7, 11) is 0. The summed E-state index contributed by atoms with van der Waals surface area (Å²) in [5.41, 5.74) is 0.193. The van der Waals surface area contributed by atoms with Crippen LogP contribution in [0.1, 0.15) is 52.9 Å². The number of piperazine rings is 1. The summed E-state index contributed by atoms with van der Waals surface area (Å²) in [5.74, 6) is 0.246. The van der Waals surface area contributed by atoms with Gasteiger partial charge in [-0.25, -0.2) is 0 Å². The van der Waals surface area contributed by atoms with Crippen LogP contribution in [0.3, 0.4) is 0 Å². The van der Waals surface area contributed by atoms with Crippen molar-refractivity contribution < 1.29 is 9.59 Å². The molecule has 1 saturated heterocycles. The third-order valence-electron chi connectivity index (χ3n) is 4.58. The molecule has 1 N–H and O–H groups in total. The maximum absolute atomic E-state index is 12.2. The molecule has 1 saturated carbocycles. The van der Waals surface area contributed by atoms with Gasteiger partial charge >= 0.3 is 0 Å². The van der Waals surface area contributed by atoms with E-state index in [-0.39, 0.29) is 35.7 Å². The maximum atomic E-state index is 12.2. The van der Waals surface area contributed by atoms with Gasteiger partial charge in [-0.2, -0.15) is 0 Å². The van der Waals surface area contributed by atoms with Crippen molar-refractivity contribution in [3.8, 4) is 0 Å². The molecule has 4 nitrogen and oxygen atoms in total. The predicted octanol–water partition coefficient (Wildman–Crippen LogP) is 1.94. The highest BCUT2D eigenvalue weighted by Crippen LogP contribution is 2.37. The van der Waals surface area contributed by atoms with E-state index in [0.29, 0.717) is 0 Å². The Labute approximate surface area is 115 Å². The first kappa shape index (κ1) is 14.4. The lowest BCUT2D eigenvalue weighted by molar-refractivity contribution is -0.149. The molecule has 4 heteroatoms. The average molecular weight is 266 g/mol. The van der Waals surface area contributed by atoms with Gasteiger partial charge in [0.1, 0.15) is 6.04 Å². The van der Waals surface area contributed by atoms with E-state index >= 15 is 0 Å². The van der Waals surface area contributed by atoms with Crippen LogP contribution in [0.4, 0.5) is 0 Å². The number of carbonyl (C=O) groups is 2. The zero-order chi connectivity index (χ0) is 14.0. The minimum absolute atomic E-state index is 0.00834. The SMILES string of the molecule is CC(C)C1C(=O)NCC(=O)N1CC1(C)CCCCC1. The van der Waals surface area contributed by atoms with E-state index in [1.165, 1.54) is 32.1 Å². The molecule has 0 aromatic rings. The maximum Gasteiger partial charge on any atom is 0.243 e.